The predicted molar refractivity (Wildman–Crippen MR) is 98.8 cm³/mol. The Hall–Kier alpha value is -1.92. The lowest BCUT2D eigenvalue weighted by Crippen LogP contribution is -2.32. The third-order valence-corrected chi connectivity index (χ3v) is 4.81. The molecule has 0 bridgehead atoms. The number of ether oxygens (including phenoxy) is 1. The monoisotopic (exact) mass is 344 g/mol. The quantitative estimate of drug-likeness (QED) is 0.618. The van der Waals surface area contributed by atoms with Gasteiger partial charge >= 0.3 is 0 Å². The molecule has 0 aliphatic carbocycles. The Balaban J connectivity index is 1.95. The Labute approximate surface area is 148 Å². The number of aryl methyl sites for hydroxylation is 1. The van der Waals surface area contributed by atoms with Gasteiger partial charge in [0.05, 0.1) is 17.8 Å². The molecule has 3 rings (SSSR count). The van der Waals surface area contributed by atoms with Crippen molar-refractivity contribution in [3.05, 3.63) is 54.1 Å². The Bertz CT molecular complexity index is 673. The van der Waals surface area contributed by atoms with Gasteiger partial charge in [0.15, 0.2) is 5.11 Å². The summed E-state index contributed by atoms with van der Waals surface area (Å²) in [6.07, 6.45) is 4.90. The number of aromatic nitrogens is 2. The summed E-state index contributed by atoms with van der Waals surface area (Å²) in [5, 5.41) is 4.27. The summed E-state index contributed by atoms with van der Waals surface area (Å²) >= 11 is 5.63. The third kappa shape index (κ3) is 3.30. The summed E-state index contributed by atoms with van der Waals surface area (Å²) in [6, 6.07) is 10.5. The van der Waals surface area contributed by atoms with Crippen molar-refractivity contribution in [2.75, 3.05) is 20.3 Å². The maximum Gasteiger partial charge on any atom is 0.170 e. The van der Waals surface area contributed by atoms with Gasteiger partial charge in [-0.05, 0) is 49.8 Å². The first-order chi connectivity index (χ1) is 11.8. The SMILES string of the molecule is CCn1cccc1[C@H]1[C@@H](c2ccccn2)NC(=S)N1CCCOC. The second-order valence-corrected chi connectivity index (χ2v) is 6.27. The summed E-state index contributed by atoms with van der Waals surface area (Å²) in [7, 11) is 1.73. The van der Waals surface area contributed by atoms with E-state index >= 15 is 0 Å². The van der Waals surface area contributed by atoms with Crippen molar-refractivity contribution in [3.63, 3.8) is 0 Å². The maximum absolute atomic E-state index is 5.63. The van der Waals surface area contributed by atoms with Crippen LogP contribution in [0.4, 0.5) is 0 Å². The second kappa shape index (κ2) is 7.77. The van der Waals surface area contributed by atoms with Crippen LogP contribution < -0.4 is 5.32 Å². The fraction of sp³-hybridized carbons (Fsp3) is 0.444. The normalized spacial score (nSPS) is 20.4. The van der Waals surface area contributed by atoms with E-state index in [9.17, 15) is 0 Å². The van der Waals surface area contributed by atoms with Gasteiger partial charge in [0, 0.05) is 44.9 Å². The van der Waals surface area contributed by atoms with E-state index in [1.54, 1.807) is 7.11 Å². The first-order valence-electron chi connectivity index (χ1n) is 8.38. The Kier molecular flexibility index (Phi) is 5.48. The van der Waals surface area contributed by atoms with Gasteiger partial charge in [-0.3, -0.25) is 4.98 Å². The lowest BCUT2D eigenvalue weighted by atomic mass is 10.0. The molecule has 0 amide bonds. The zero-order chi connectivity index (χ0) is 16.9. The highest BCUT2D eigenvalue weighted by Crippen LogP contribution is 2.38. The number of nitrogens with zero attached hydrogens (tertiary/aromatic N) is 3. The summed E-state index contributed by atoms with van der Waals surface area (Å²) in [5.74, 6) is 0. The van der Waals surface area contributed by atoms with Gasteiger partial charge in [0.2, 0.25) is 0 Å². The van der Waals surface area contributed by atoms with Gasteiger partial charge in [-0.25, -0.2) is 0 Å². The molecular formula is C18H24N4OS. The van der Waals surface area contributed by atoms with E-state index < -0.39 is 0 Å². The van der Waals surface area contributed by atoms with Crippen LogP contribution in [-0.4, -0.2) is 39.8 Å². The van der Waals surface area contributed by atoms with E-state index in [0.29, 0.717) is 0 Å². The molecule has 128 valence electrons. The van der Waals surface area contributed by atoms with Crippen molar-refractivity contribution >= 4 is 17.3 Å². The average molecular weight is 344 g/mol. The molecule has 6 heteroatoms. The molecule has 0 unspecified atom stereocenters. The standard InChI is InChI=1S/C18H24N4OS/c1-3-21-11-6-9-15(21)17-16(14-8-4-5-10-19-14)20-18(24)22(17)12-7-13-23-2/h4-6,8-11,16-17H,3,7,12-13H2,1-2H3,(H,20,24)/t16-,17+/m1/s1. The number of hydrogen-bond acceptors (Lipinski definition) is 3. The molecule has 2 aromatic rings. The topological polar surface area (TPSA) is 42.3 Å². The van der Waals surface area contributed by atoms with Crippen molar-refractivity contribution < 1.29 is 4.74 Å². The smallest absolute Gasteiger partial charge is 0.170 e. The highest BCUT2D eigenvalue weighted by Gasteiger charge is 2.40. The fourth-order valence-corrected chi connectivity index (χ4v) is 3.66. The zero-order valence-corrected chi connectivity index (χ0v) is 15.0. The molecule has 24 heavy (non-hydrogen) atoms. The van der Waals surface area contributed by atoms with Gasteiger partial charge in [0.25, 0.3) is 0 Å². The highest BCUT2D eigenvalue weighted by molar-refractivity contribution is 7.80. The molecule has 0 saturated carbocycles. The van der Waals surface area contributed by atoms with Crippen LogP contribution in [0.25, 0.3) is 0 Å². The molecule has 1 aliphatic rings. The van der Waals surface area contributed by atoms with Crippen molar-refractivity contribution in [2.45, 2.75) is 32.0 Å². The van der Waals surface area contributed by atoms with Gasteiger partial charge < -0.3 is 19.5 Å². The highest BCUT2D eigenvalue weighted by atomic mass is 32.1. The summed E-state index contributed by atoms with van der Waals surface area (Å²) < 4.78 is 7.49. The van der Waals surface area contributed by atoms with E-state index in [1.807, 2.05) is 18.3 Å². The zero-order valence-electron chi connectivity index (χ0n) is 14.2. The van der Waals surface area contributed by atoms with E-state index in [0.717, 1.165) is 36.9 Å². The number of pyridine rings is 1. The van der Waals surface area contributed by atoms with Gasteiger partial charge in [-0.1, -0.05) is 6.07 Å². The van der Waals surface area contributed by atoms with Crippen LogP contribution in [-0.2, 0) is 11.3 Å². The molecule has 0 radical (unpaired) electrons. The largest absolute Gasteiger partial charge is 0.385 e. The fourth-order valence-electron chi connectivity index (χ4n) is 3.33. The Morgan fingerprint density at radius 1 is 1.29 bits per heavy atom. The molecule has 2 atom stereocenters. The number of hydrogen-bond donors (Lipinski definition) is 1. The molecule has 5 nitrogen and oxygen atoms in total. The second-order valence-electron chi connectivity index (χ2n) is 5.89. The molecule has 0 aromatic carbocycles. The number of methoxy groups -OCH3 is 1. The first-order valence-corrected chi connectivity index (χ1v) is 8.79. The van der Waals surface area contributed by atoms with E-state index in [-0.39, 0.29) is 12.1 Å². The minimum atomic E-state index is 0.0569. The van der Waals surface area contributed by atoms with Crippen molar-refractivity contribution in [3.8, 4) is 0 Å². The van der Waals surface area contributed by atoms with Gasteiger partial charge in [0.1, 0.15) is 0 Å². The first kappa shape index (κ1) is 16.9. The number of rotatable bonds is 7. The minimum Gasteiger partial charge on any atom is -0.385 e. The lowest BCUT2D eigenvalue weighted by molar-refractivity contribution is 0.179. The summed E-state index contributed by atoms with van der Waals surface area (Å²) in [6.45, 7) is 4.69. The third-order valence-electron chi connectivity index (χ3n) is 4.45. The number of thiocarbonyl (C=S) groups is 1. The van der Waals surface area contributed by atoms with Gasteiger partial charge in [-0.2, -0.15) is 0 Å². The van der Waals surface area contributed by atoms with Crippen LogP contribution >= 0.6 is 12.2 Å². The van der Waals surface area contributed by atoms with E-state index in [2.05, 4.69) is 51.1 Å². The van der Waals surface area contributed by atoms with Crippen LogP contribution in [0.2, 0.25) is 0 Å². The number of nitrogens with one attached hydrogen (secondary N) is 1. The van der Waals surface area contributed by atoms with Crippen LogP contribution in [0, 0.1) is 0 Å². The summed E-state index contributed by atoms with van der Waals surface area (Å²) in [5.41, 5.74) is 2.28. The molecule has 0 spiro atoms. The summed E-state index contributed by atoms with van der Waals surface area (Å²) in [4.78, 5) is 6.83. The Morgan fingerprint density at radius 2 is 2.17 bits per heavy atom. The molecule has 1 fully saturated rings. The average Bonchev–Trinajstić information content (AvgIpc) is 3.20. The van der Waals surface area contributed by atoms with Crippen LogP contribution in [0.3, 0.4) is 0 Å². The van der Waals surface area contributed by atoms with E-state index in [1.165, 1.54) is 5.69 Å². The predicted octanol–water partition coefficient (Wildman–Crippen LogP) is 2.91. The van der Waals surface area contributed by atoms with Crippen molar-refractivity contribution in [1.29, 1.82) is 0 Å². The molecule has 1 N–H and O–H groups in total. The van der Waals surface area contributed by atoms with Gasteiger partial charge in [-0.15, -0.1) is 0 Å². The maximum atomic E-state index is 5.63. The molecule has 3 heterocycles. The molecule has 1 saturated heterocycles. The molecular weight excluding hydrogens is 320 g/mol. The van der Waals surface area contributed by atoms with Crippen molar-refractivity contribution in [1.82, 2.24) is 19.8 Å². The molecule has 2 aromatic heterocycles. The van der Waals surface area contributed by atoms with E-state index in [4.69, 9.17) is 17.0 Å². The van der Waals surface area contributed by atoms with Crippen molar-refractivity contribution in [2.24, 2.45) is 0 Å². The minimum absolute atomic E-state index is 0.0569. The van der Waals surface area contributed by atoms with Crippen LogP contribution in [0.1, 0.15) is 36.8 Å². The molecule has 1 aliphatic heterocycles. The van der Waals surface area contributed by atoms with Crippen LogP contribution in [0.5, 0.6) is 0 Å². The lowest BCUT2D eigenvalue weighted by Gasteiger charge is -2.28. The Morgan fingerprint density at radius 3 is 2.88 bits per heavy atom. The van der Waals surface area contributed by atoms with Crippen LogP contribution in [0.15, 0.2) is 42.7 Å².